The second-order valence-electron chi connectivity index (χ2n) is 4.71. The number of carbonyl (C=O) groups excluding carboxylic acids is 1. The molecular weight excluding hydrogens is 343 g/mol. The average Bonchev–Trinajstić information content (AvgIpc) is 2.89. The van der Waals surface area contributed by atoms with Gasteiger partial charge in [0.1, 0.15) is 5.69 Å². The van der Waals surface area contributed by atoms with E-state index in [0.29, 0.717) is 6.54 Å². The number of hydrogen-bond donors (Lipinski definition) is 3. The van der Waals surface area contributed by atoms with E-state index in [4.69, 9.17) is 18.0 Å². The molecule has 6 nitrogen and oxygen atoms in total. The third-order valence-electron chi connectivity index (χ3n) is 3.10. The van der Waals surface area contributed by atoms with Crippen LogP contribution in [0.3, 0.4) is 0 Å². The normalized spacial score (nSPS) is 11.2. The number of thiocarbonyl (C=S) groups is 1. The molecule has 1 heterocycles. The van der Waals surface area contributed by atoms with E-state index in [9.17, 15) is 18.0 Å². The Bertz CT molecular complexity index is 772. The van der Waals surface area contributed by atoms with Gasteiger partial charge in [-0.15, -0.1) is 0 Å². The van der Waals surface area contributed by atoms with E-state index >= 15 is 0 Å². The van der Waals surface area contributed by atoms with E-state index in [-0.39, 0.29) is 22.2 Å². The van der Waals surface area contributed by atoms with Crippen LogP contribution in [0.15, 0.2) is 30.5 Å². The third kappa shape index (κ3) is 3.82. The lowest BCUT2D eigenvalue weighted by molar-refractivity contribution is -0.136. The lowest BCUT2D eigenvalue weighted by atomic mass is 10.1. The highest BCUT2D eigenvalue weighted by Gasteiger charge is 2.33. The summed E-state index contributed by atoms with van der Waals surface area (Å²) < 4.78 is 40.3. The van der Waals surface area contributed by atoms with Crippen molar-refractivity contribution in [3.05, 3.63) is 41.7 Å². The van der Waals surface area contributed by atoms with Crippen molar-refractivity contribution in [3.63, 3.8) is 0 Å². The quantitative estimate of drug-likeness (QED) is 0.733. The Balaban J connectivity index is 2.22. The molecule has 0 unspecified atom stereocenters. The number of benzene rings is 1. The smallest absolute Gasteiger partial charge is 0.364 e. The Kier molecular flexibility index (Phi) is 5.07. The molecule has 0 spiro atoms. The van der Waals surface area contributed by atoms with Crippen LogP contribution in [0, 0.1) is 0 Å². The van der Waals surface area contributed by atoms with Gasteiger partial charge in [-0.2, -0.15) is 18.3 Å². The van der Waals surface area contributed by atoms with Crippen LogP contribution in [-0.4, -0.2) is 20.8 Å². The Labute approximate surface area is 140 Å². The van der Waals surface area contributed by atoms with Gasteiger partial charge in [0, 0.05) is 6.54 Å². The predicted molar refractivity (Wildman–Crippen MR) is 87.7 cm³/mol. The maximum absolute atomic E-state index is 13.0. The number of rotatable bonds is 4. The van der Waals surface area contributed by atoms with Gasteiger partial charge in [-0.3, -0.25) is 9.48 Å². The molecule has 1 aromatic carbocycles. The molecule has 24 heavy (non-hydrogen) atoms. The highest BCUT2D eigenvalue weighted by molar-refractivity contribution is 7.80. The molecule has 0 aliphatic heterocycles. The minimum atomic E-state index is -4.52. The highest BCUT2D eigenvalue weighted by atomic mass is 32.1. The maximum Gasteiger partial charge on any atom is 0.418 e. The van der Waals surface area contributed by atoms with Crippen molar-refractivity contribution in [1.82, 2.24) is 9.78 Å². The van der Waals surface area contributed by atoms with Crippen molar-refractivity contribution in [3.8, 4) is 0 Å². The van der Waals surface area contributed by atoms with E-state index in [0.717, 1.165) is 6.07 Å². The first-order chi connectivity index (χ1) is 11.2. The number of primary amides is 1. The fourth-order valence-corrected chi connectivity index (χ4v) is 2.31. The molecule has 0 radical (unpaired) electrons. The second-order valence-corrected chi connectivity index (χ2v) is 5.12. The minimum absolute atomic E-state index is 0.0887. The van der Waals surface area contributed by atoms with E-state index in [1.165, 1.54) is 29.1 Å². The monoisotopic (exact) mass is 357 g/mol. The first kappa shape index (κ1) is 17.7. The van der Waals surface area contributed by atoms with Crippen LogP contribution in [0.4, 0.5) is 24.5 Å². The predicted octanol–water partition coefficient (Wildman–Crippen LogP) is 2.83. The zero-order chi connectivity index (χ0) is 17.9. The second kappa shape index (κ2) is 6.87. The number of amides is 1. The van der Waals surface area contributed by atoms with Crippen LogP contribution in [0.2, 0.25) is 0 Å². The average molecular weight is 357 g/mol. The number of nitrogens with two attached hydrogens (primary N) is 1. The minimum Gasteiger partial charge on any atom is -0.364 e. The van der Waals surface area contributed by atoms with Gasteiger partial charge in [-0.25, -0.2) is 0 Å². The molecule has 0 bridgehead atoms. The molecule has 0 atom stereocenters. The maximum atomic E-state index is 13.0. The summed E-state index contributed by atoms with van der Waals surface area (Å²) in [6.07, 6.45) is -3.20. The first-order valence-corrected chi connectivity index (χ1v) is 7.24. The summed E-state index contributed by atoms with van der Waals surface area (Å²) >= 11 is 5.01. The number of nitrogens with zero attached hydrogens (tertiary/aromatic N) is 2. The van der Waals surface area contributed by atoms with Crippen molar-refractivity contribution in [2.75, 3.05) is 10.6 Å². The summed E-state index contributed by atoms with van der Waals surface area (Å²) in [4.78, 5) is 11.5. The molecule has 2 aromatic rings. The Morgan fingerprint density at radius 3 is 2.50 bits per heavy atom. The molecule has 128 valence electrons. The van der Waals surface area contributed by atoms with Crippen LogP contribution >= 0.6 is 12.2 Å². The SMILES string of the molecule is CCn1ncc(NC(=S)Nc2ccccc2C(F)(F)F)c1C(N)=O. The summed E-state index contributed by atoms with van der Waals surface area (Å²) in [5.74, 6) is -0.727. The number of nitrogens with one attached hydrogen (secondary N) is 2. The molecular formula is C14H14F3N5OS. The van der Waals surface area contributed by atoms with Gasteiger partial charge in [-0.1, -0.05) is 12.1 Å². The van der Waals surface area contributed by atoms with E-state index in [1.54, 1.807) is 6.92 Å². The van der Waals surface area contributed by atoms with Gasteiger partial charge < -0.3 is 16.4 Å². The van der Waals surface area contributed by atoms with Gasteiger partial charge >= 0.3 is 6.18 Å². The van der Waals surface area contributed by atoms with Crippen molar-refractivity contribution in [2.45, 2.75) is 19.6 Å². The van der Waals surface area contributed by atoms with Crippen LogP contribution in [0.25, 0.3) is 0 Å². The number of aromatic nitrogens is 2. The van der Waals surface area contributed by atoms with Crippen LogP contribution in [-0.2, 0) is 12.7 Å². The van der Waals surface area contributed by atoms with Crippen molar-refractivity contribution < 1.29 is 18.0 Å². The Morgan fingerprint density at radius 2 is 1.92 bits per heavy atom. The van der Waals surface area contributed by atoms with Gasteiger partial charge in [0.2, 0.25) is 0 Å². The number of para-hydroxylation sites is 1. The molecule has 0 saturated carbocycles. The van der Waals surface area contributed by atoms with Crippen molar-refractivity contribution in [1.29, 1.82) is 0 Å². The van der Waals surface area contributed by atoms with E-state index in [1.807, 2.05) is 0 Å². The van der Waals surface area contributed by atoms with Crippen molar-refractivity contribution in [2.24, 2.45) is 5.73 Å². The number of hydrogen-bond acceptors (Lipinski definition) is 3. The zero-order valence-corrected chi connectivity index (χ0v) is 13.3. The summed E-state index contributed by atoms with van der Waals surface area (Å²) in [5.41, 5.74) is 4.54. The van der Waals surface area contributed by atoms with Crippen LogP contribution in [0.1, 0.15) is 23.0 Å². The molecule has 1 amide bonds. The standard InChI is InChI=1S/C14H14F3N5OS/c1-2-22-11(12(18)23)10(7-19-22)21-13(24)20-9-6-4-3-5-8(9)14(15,16)17/h3-7H,2H2,1H3,(H2,18,23)(H2,20,21,24). The number of carbonyl (C=O) groups is 1. The fraction of sp³-hybridized carbons (Fsp3) is 0.214. The molecule has 0 aliphatic rings. The first-order valence-electron chi connectivity index (χ1n) is 6.84. The molecule has 0 saturated heterocycles. The van der Waals surface area contributed by atoms with E-state index in [2.05, 4.69) is 15.7 Å². The molecule has 0 aliphatic carbocycles. The third-order valence-corrected chi connectivity index (χ3v) is 3.31. The van der Waals surface area contributed by atoms with Crippen molar-refractivity contribution >= 4 is 34.6 Å². The lowest BCUT2D eigenvalue weighted by Gasteiger charge is -2.15. The molecule has 10 heteroatoms. The largest absolute Gasteiger partial charge is 0.418 e. The summed E-state index contributed by atoms with van der Waals surface area (Å²) in [6.45, 7) is 2.16. The fourth-order valence-electron chi connectivity index (χ4n) is 2.09. The lowest BCUT2D eigenvalue weighted by Crippen LogP contribution is -2.24. The topological polar surface area (TPSA) is 85.0 Å². The molecule has 4 N–H and O–H groups in total. The van der Waals surface area contributed by atoms with Gasteiger partial charge in [0.15, 0.2) is 5.11 Å². The molecule has 0 fully saturated rings. The van der Waals surface area contributed by atoms with Crippen LogP contribution in [0.5, 0.6) is 0 Å². The van der Waals surface area contributed by atoms with Gasteiger partial charge in [0.25, 0.3) is 5.91 Å². The highest BCUT2D eigenvalue weighted by Crippen LogP contribution is 2.34. The summed E-state index contributed by atoms with van der Waals surface area (Å²) in [5, 5.41) is 8.95. The summed E-state index contributed by atoms with van der Waals surface area (Å²) in [6, 6.07) is 4.92. The Hall–Kier alpha value is -2.62. The zero-order valence-electron chi connectivity index (χ0n) is 12.5. The summed E-state index contributed by atoms with van der Waals surface area (Å²) in [7, 11) is 0. The van der Waals surface area contributed by atoms with Crippen LogP contribution < -0.4 is 16.4 Å². The van der Waals surface area contributed by atoms with Gasteiger partial charge in [0.05, 0.1) is 23.1 Å². The number of anilines is 2. The van der Waals surface area contributed by atoms with E-state index < -0.39 is 17.6 Å². The number of aryl methyl sites for hydroxylation is 1. The van der Waals surface area contributed by atoms with Gasteiger partial charge in [-0.05, 0) is 31.3 Å². The number of alkyl halides is 3. The Morgan fingerprint density at radius 1 is 1.29 bits per heavy atom. The molecule has 1 aromatic heterocycles. The number of halogens is 3. The molecule has 2 rings (SSSR count).